The van der Waals surface area contributed by atoms with Crippen molar-refractivity contribution >= 4 is 0 Å². The number of furan rings is 1. The second kappa shape index (κ2) is 7.30. The Morgan fingerprint density at radius 3 is 2.55 bits per heavy atom. The molecule has 0 aliphatic carbocycles. The number of hydrogen-bond donors (Lipinski definition) is 1. The van der Waals surface area contributed by atoms with Crippen molar-refractivity contribution in [3.05, 3.63) is 47.2 Å². The van der Waals surface area contributed by atoms with Crippen LogP contribution in [-0.4, -0.2) is 6.54 Å². The van der Waals surface area contributed by atoms with Crippen LogP contribution in [0.4, 0.5) is 0 Å². The number of benzene rings is 1. The van der Waals surface area contributed by atoms with Crippen molar-refractivity contribution in [3.63, 3.8) is 0 Å². The Bertz CT molecular complexity index is 542. The summed E-state index contributed by atoms with van der Waals surface area (Å²) < 4.78 is 6.00. The molecule has 0 bridgehead atoms. The Labute approximate surface area is 122 Å². The summed E-state index contributed by atoms with van der Waals surface area (Å²) in [6.07, 6.45) is 3.23. The van der Waals surface area contributed by atoms with E-state index in [0.29, 0.717) is 0 Å². The van der Waals surface area contributed by atoms with Crippen LogP contribution in [0.1, 0.15) is 44.1 Å². The van der Waals surface area contributed by atoms with E-state index < -0.39 is 0 Å². The molecular weight excluding hydrogens is 246 g/mol. The van der Waals surface area contributed by atoms with Crippen LogP contribution in [0.15, 0.2) is 34.7 Å². The van der Waals surface area contributed by atoms with Gasteiger partial charge in [0.05, 0.1) is 6.54 Å². The van der Waals surface area contributed by atoms with Gasteiger partial charge in [0.15, 0.2) is 0 Å². The molecule has 2 aromatic rings. The average molecular weight is 271 g/mol. The highest BCUT2D eigenvalue weighted by molar-refractivity contribution is 5.63. The molecule has 0 saturated heterocycles. The molecule has 0 radical (unpaired) electrons. The number of nitrogens with one attached hydrogen (secondary N) is 1. The molecule has 0 amide bonds. The number of aryl methyl sites for hydroxylation is 2. The van der Waals surface area contributed by atoms with E-state index in [-0.39, 0.29) is 0 Å². The summed E-state index contributed by atoms with van der Waals surface area (Å²) in [7, 11) is 0. The lowest BCUT2D eigenvalue weighted by Crippen LogP contribution is -2.12. The first-order chi connectivity index (χ1) is 9.78. The third-order valence-corrected chi connectivity index (χ3v) is 3.62. The van der Waals surface area contributed by atoms with Crippen LogP contribution in [0.5, 0.6) is 0 Å². The van der Waals surface area contributed by atoms with Gasteiger partial charge in [0, 0.05) is 5.56 Å². The smallest absolute Gasteiger partial charge is 0.134 e. The second-order valence-corrected chi connectivity index (χ2v) is 5.14. The molecule has 1 aromatic heterocycles. The van der Waals surface area contributed by atoms with Crippen molar-refractivity contribution in [2.75, 3.05) is 6.54 Å². The highest BCUT2D eigenvalue weighted by atomic mass is 16.3. The van der Waals surface area contributed by atoms with Gasteiger partial charge in [-0.2, -0.15) is 0 Å². The summed E-state index contributed by atoms with van der Waals surface area (Å²) in [6, 6.07) is 10.9. The molecule has 0 aliphatic heterocycles. The van der Waals surface area contributed by atoms with E-state index in [4.69, 9.17) is 4.42 Å². The second-order valence-electron chi connectivity index (χ2n) is 5.14. The Balaban J connectivity index is 2.22. The quantitative estimate of drug-likeness (QED) is 0.746. The molecule has 2 rings (SSSR count). The lowest BCUT2D eigenvalue weighted by atomic mass is 9.99. The first-order valence-electron chi connectivity index (χ1n) is 7.70. The fourth-order valence-corrected chi connectivity index (χ4v) is 2.39. The van der Waals surface area contributed by atoms with Crippen LogP contribution in [0.2, 0.25) is 0 Å². The maximum absolute atomic E-state index is 6.00. The van der Waals surface area contributed by atoms with Crippen molar-refractivity contribution in [1.82, 2.24) is 5.32 Å². The first-order valence-corrected chi connectivity index (χ1v) is 7.70. The zero-order valence-corrected chi connectivity index (χ0v) is 12.8. The lowest BCUT2D eigenvalue weighted by Gasteiger charge is -2.08. The minimum Gasteiger partial charge on any atom is -0.460 e. The van der Waals surface area contributed by atoms with Gasteiger partial charge in [-0.25, -0.2) is 0 Å². The van der Waals surface area contributed by atoms with Crippen molar-refractivity contribution < 1.29 is 4.42 Å². The van der Waals surface area contributed by atoms with Gasteiger partial charge in [0.25, 0.3) is 0 Å². The Morgan fingerprint density at radius 2 is 1.85 bits per heavy atom. The van der Waals surface area contributed by atoms with Gasteiger partial charge in [-0.15, -0.1) is 0 Å². The maximum atomic E-state index is 6.00. The third kappa shape index (κ3) is 3.51. The Morgan fingerprint density at radius 1 is 1.00 bits per heavy atom. The van der Waals surface area contributed by atoms with Gasteiger partial charge in [0.1, 0.15) is 11.5 Å². The van der Waals surface area contributed by atoms with Crippen molar-refractivity contribution in [2.24, 2.45) is 0 Å². The topological polar surface area (TPSA) is 25.2 Å². The summed E-state index contributed by atoms with van der Waals surface area (Å²) in [5.41, 5.74) is 3.96. The fraction of sp³-hybridized carbons (Fsp3) is 0.444. The zero-order valence-electron chi connectivity index (χ0n) is 12.8. The highest BCUT2D eigenvalue weighted by Crippen LogP contribution is 2.27. The van der Waals surface area contributed by atoms with E-state index in [1.165, 1.54) is 16.7 Å². The van der Waals surface area contributed by atoms with E-state index in [1.54, 1.807) is 0 Å². The van der Waals surface area contributed by atoms with Crippen LogP contribution in [0.25, 0.3) is 11.3 Å². The Hall–Kier alpha value is -1.54. The minimum atomic E-state index is 0.808. The van der Waals surface area contributed by atoms with Crippen LogP contribution in [0, 0.1) is 0 Å². The predicted octanol–water partition coefficient (Wildman–Crippen LogP) is 4.57. The largest absolute Gasteiger partial charge is 0.460 e. The summed E-state index contributed by atoms with van der Waals surface area (Å²) >= 11 is 0. The highest BCUT2D eigenvalue weighted by Gasteiger charge is 2.09. The zero-order chi connectivity index (χ0) is 14.4. The maximum Gasteiger partial charge on any atom is 0.134 e. The van der Waals surface area contributed by atoms with Gasteiger partial charge in [0.2, 0.25) is 0 Å². The number of rotatable bonds is 7. The van der Waals surface area contributed by atoms with Crippen molar-refractivity contribution in [1.29, 1.82) is 0 Å². The number of hydrogen-bond acceptors (Lipinski definition) is 2. The lowest BCUT2D eigenvalue weighted by molar-refractivity contribution is 0.493. The molecule has 0 unspecified atom stereocenters. The molecular formula is C18H25NO. The molecule has 20 heavy (non-hydrogen) atoms. The predicted molar refractivity (Wildman–Crippen MR) is 84.9 cm³/mol. The van der Waals surface area contributed by atoms with Crippen LogP contribution in [-0.2, 0) is 19.4 Å². The monoisotopic (exact) mass is 271 g/mol. The van der Waals surface area contributed by atoms with Gasteiger partial charge >= 0.3 is 0 Å². The normalized spacial score (nSPS) is 10.9. The summed E-state index contributed by atoms with van der Waals surface area (Å²) in [5, 5.41) is 3.37. The molecule has 108 valence electrons. The van der Waals surface area contributed by atoms with E-state index in [2.05, 4.69) is 56.4 Å². The van der Waals surface area contributed by atoms with Gasteiger partial charge < -0.3 is 9.73 Å². The summed E-state index contributed by atoms with van der Waals surface area (Å²) in [5.74, 6) is 2.00. The van der Waals surface area contributed by atoms with E-state index in [0.717, 1.165) is 43.9 Å². The first kappa shape index (κ1) is 14.9. The van der Waals surface area contributed by atoms with Gasteiger partial charge in [-0.3, -0.25) is 0 Å². The molecule has 0 fully saturated rings. The van der Waals surface area contributed by atoms with Crippen molar-refractivity contribution in [2.45, 2.75) is 46.6 Å². The molecule has 1 aromatic carbocycles. The molecule has 2 heteroatoms. The minimum absolute atomic E-state index is 0.808. The molecule has 0 spiro atoms. The molecule has 1 heterocycles. The molecule has 0 saturated carbocycles. The van der Waals surface area contributed by atoms with Crippen LogP contribution >= 0.6 is 0 Å². The Kier molecular flexibility index (Phi) is 5.42. The van der Waals surface area contributed by atoms with Crippen LogP contribution in [0.3, 0.4) is 0 Å². The molecule has 1 N–H and O–H groups in total. The van der Waals surface area contributed by atoms with E-state index >= 15 is 0 Å². The standard InChI is InChI=1S/C18H25NO/c1-4-11-19-13-16-9-10-18(20-16)17-12-14(5-2)7-8-15(17)6-3/h7-10,12,19H,4-6,11,13H2,1-3H3. The molecule has 2 nitrogen and oxygen atoms in total. The SMILES string of the molecule is CCCNCc1ccc(-c2cc(CC)ccc2CC)o1. The summed E-state index contributed by atoms with van der Waals surface area (Å²) in [4.78, 5) is 0. The van der Waals surface area contributed by atoms with Gasteiger partial charge in [-0.05, 0) is 55.1 Å². The van der Waals surface area contributed by atoms with E-state index in [1.807, 2.05) is 0 Å². The average Bonchev–Trinajstić information content (AvgIpc) is 2.95. The van der Waals surface area contributed by atoms with Crippen LogP contribution < -0.4 is 5.32 Å². The van der Waals surface area contributed by atoms with E-state index in [9.17, 15) is 0 Å². The van der Waals surface area contributed by atoms with Crippen molar-refractivity contribution in [3.8, 4) is 11.3 Å². The fourth-order valence-electron chi connectivity index (χ4n) is 2.39. The molecule has 0 aliphatic rings. The molecule has 0 atom stereocenters. The third-order valence-electron chi connectivity index (χ3n) is 3.62. The van der Waals surface area contributed by atoms with Gasteiger partial charge in [-0.1, -0.05) is 32.9 Å². The summed E-state index contributed by atoms with van der Waals surface area (Å²) in [6.45, 7) is 8.39.